The van der Waals surface area contributed by atoms with Crippen LogP contribution in [0.25, 0.3) is 26.4 Å². The van der Waals surface area contributed by atoms with Gasteiger partial charge in [-0.15, -0.1) is 11.5 Å². The molecule has 0 amide bonds. The van der Waals surface area contributed by atoms with E-state index in [4.69, 9.17) is 23.0 Å². The van der Waals surface area contributed by atoms with Crippen molar-refractivity contribution in [2.24, 2.45) is 5.11 Å². The van der Waals surface area contributed by atoms with Crippen molar-refractivity contribution in [3.05, 3.63) is 38.3 Å². The van der Waals surface area contributed by atoms with Crippen molar-refractivity contribution in [3.63, 3.8) is 0 Å². The molecule has 0 fully saturated rings. The first-order valence-electron chi connectivity index (χ1n) is 10.5. The number of rotatable bonds is 7. The van der Waals surface area contributed by atoms with E-state index in [0.717, 1.165) is 25.0 Å². The number of hydrogen-bond acceptors (Lipinski definition) is 8. The van der Waals surface area contributed by atoms with Crippen molar-refractivity contribution in [2.45, 2.75) is 66.3 Å². The monoisotopic (exact) mass is 539 g/mol. The predicted molar refractivity (Wildman–Crippen MR) is 141 cm³/mol. The minimum Gasteiger partial charge on any atom is -0.373 e. The van der Waals surface area contributed by atoms with Crippen molar-refractivity contribution in [1.29, 1.82) is 0 Å². The predicted octanol–water partition coefficient (Wildman–Crippen LogP) is 1.05. The molecule has 1 aromatic heterocycles. The Bertz CT molecular complexity index is 868. The Labute approximate surface area is 239 Å². The molecule has 0 saturated carbocycles. The summed E-state index contributed by atoms with van der Waals surface area (Å²) in [5.41, 5.74) is 22.2. The summed E-state index contributed by atoms with van der Waals surface area (Å²) in [6.45, 7) is 12.8. The van der Waals surface area contributed by atoms with Gasteiger partial charge in [-0.2, -0.15) is 8.42 Å². The van der Waals surface area contributed by atoms with E-state index in [1.807, 2.05) is 57.8 Å². The largest absolute Gasteiger partial charge is 1.00 e. The molecule has 1 aromatic rings. The van der Waals surface area contributed by atoms with E-state index in [1.165, 1.54) is 4.91 Å². The van der Waals surface area contributed by atoms with Crippen LogP contribution in [0.5, 0.6) is 0 Å². The zero-order valence-corrected chi connectivity index (χ0v) is 26.7. The van der Waals surface area contributed by atoms with Crippen molar-refractivity contribution in [1.82, 2.24) is 24.8 Å². The van der Waals surface area contributed by atoms with Gasteiger partial charge in [-0.1, -0.05) is 30.1 Å². The molecule has 0 aliphatic carbocycles. The Hall–Kier alpha value is -1.85. The summed E-state index contributed by atoms with van der Waals surface area (Å²) in [5.74, 6) is 2.49. The molecular weight excluding hydrogens is 497 g/mol. The molecule has 0 N–H and O–H groups in total. The van der Waals surface area contributed by atoms with Gasteiger partial charge >= 0.3 is 29.6 Å². The Morgan fingerprint density at radius 2 is 1.58 bits per heavy atom. The van der Waals surface area contributed by atoms with Crippen LogP contribution in [0, 0.1) is 12.3 Å². The molecule has 0 aliphatic rings. The Kier molecular flexibility index (Phi) is 34.0. The molecule has 1 rings (SSSR count). The van der Waals surface area contributed by atoms with Crippen molar-refractivity contribution in [2.75, 3.05) is 41.0 Å². The number of hydrogen-bond donors (Lipinski definition) is 0. The number of terminal acetylenes is 1. The zero-order valence-electron chi connectivity index (χ0n) is 23.9. The van der Waals surface area contributed by atoms with Crippen molar-refractivity contribution < 1.29 is 42.2 Å². The maximum Gasteiger partial charge on any atom is 1.00 e. The van der Waals surface area contributed by atoms with Crippen LogP contribution < -0.4 is 29.6 Å². The van der Waals surface area contributed by atoms with Gasteiger partial charge < -0.3 is 16.0 Å². The standard InChI is InChI=1S/C8H16N4.C5H9N.C4H10O3S.C3H7N3.N3.Na/c1-7(2)12-6-8(9-10-12)5-11(3)4;1-4-5-6(2)3;1-4(2)7-8(3,5)6;1-3(2)5-6-4;1-3-2;/h6-7H,5H2,1-4H3;1H,5H2,2-3H3;4H,1-3H3;3H,1-2H3;;/q;;;;-1;+1. The zero-order chi connectivity index (χ0) is 28.6. The normalized spacial score (nSPS) is 9.53. The molecule has 202 valence electrons. The van der Waals surface area contributed by atoms with E-state index in [9.17, 15) is 8.42 Å². The van der Waals surface area contributed by atoms with Crippen LogP contribution in [0.3, 0.4) is 0 Å². The van der Waals surface area contributed by atoms with E-state index >= 15 is 0 Å². The summed E-state index contributed by atoms with van der Waals surface area (Å²) in [6, 6.07) is 0.503. The minimum absolute atomic E-state index is 0. The van der Waals surface area contributed by atoms with Crippen LogP contribution in [0.4, 0.5) is 0 Å². The quantitative estimate of drug-likeness (QED) is 0.123. The number of azide groups is 1. The third-order valence-electron chi connectivity index (χ3n) is 2.62. The molecule has 0 aliphatic heterocycles. The topological polar surface area (TPSA) is 188 Å². The van der Waals surface area contributed by atoms with Gasteiger partial charge in [0.2, 0.25) is 0 Å². The van der Waals surface area contributed by atoms with Gasteiger partial charge in [0.1, 0.15) is 0 Å². The van der Waals surface area contributed by atoms with Crippen molar-refractivity contribution in [3.8, 4) is 12.3 Å². The van der Waals surface area contributed by atoms with Gasteiger partial charge in [-0.05, 0) is 61.4 Å². The summed E-state index contributed by atoms with van der Waals surface area (Å²) >= 11 is 0. The Morgan fingerprint density at radius 1 is 1.11 bits per heavy atom. The second-order valence-corrected chi connectivity index (χ2v) is 9.80. The molecule has 36 heavy (non-hydrogen) atoms. The summed E-state index contributed by atoms with van der Waals surface area (Å²) in [7, 11) is 4.71. The average molecular weight is 540 g/mol. The summed E-state index contributed by atoms with van der Waals surface area (Å²) in [4.78, 5) is 8.08. The van der Waals surface area contributed by atoms with Gasteiger partial charge in [0.05, 0.1) is 30.8 Å². The smallest absolute Gasteiger partial charge is 0.373 e. The molecule has 16 heteroatoms. The average Bonchev–Trinajstić information content (AvgIpc) is 3.09. The molecule has 0 unspecified atom stereocenters. The molecule has 0 saturated heterocycles. The SMILES string of the molecule is C#CCN(C)C.CC(C)N=[N+]=[N-].CC(C)OS(C)(=O)=O.CC(C)n1cc(CN(C)C)nn1.[N-]=[N+]=[N-].[Na+]. The first-order valence-corrected chi connectivity index (χ1v) is 12.3. The second kappa shape index (κ2) is 27.7. The van der Waals surface area contributed by atoms with E-state index in [2.05, 4.69) is 49.2 Å². The molecule has 0 spiro atoms. The summed E-state index contributed by atoms with van der Waals surface area (Å²) in [5, 5.41) is 11.4. The maximum absolute atomic E-state index is 10.2. The van der Waals surface area contributed by atoms with Crippen molar-refractivity contribution >= 4 is 10.1 Å². The van der Waals surface area contributed by atoms with E-state index < -0.39 is 10.1 Å². The molecule has 0 radical (unpaired) electrons. The van der Waals surface area contributed by atoms with Crippen LogP contribution in [0.1, 0.15) is 53.3 Å². The molecular formula is C20H42N11NaO3S. The van der Waals surface area contributed by atoms with Gasteiger partial charge in [0.15, 0.2) is 0 Å². The van der Waals surface area contributed by atoms with Crippen LogP contribution in [-0.4, -0.2) is 86.3 Å². The third-order valence-corrected chi connectivity index (χ3v) is 3.36. The fourth-order valence-corrected chi connectivity index (χ4v) is 2.30. The molecule has 14 nitrogen and oxygen atoms in total. The maximum atomic E-state index is 10.2. The van der Waals surface area contributed by atoms with Crippen LogP contribution in [0.15, 0.2) is 11.3 Å². The number of aromatic nitrogens is 3. The van der Waals surface area contributed by atoms with Crippen LogP contribution in [0.2, 0.25) is 0 Å². The summed E-state index contributed by atoms with van der Waals surface area (Å²) < 4.78 is 26.7. The van der Waals surface area contributed by atoms with E-state index in [1.54, 1.807) is 13.8 Å². The molecule has 0 atom stereocenters. The van der Waals surface area contributed by atoms with E-state index in [0.29, 0.717) is 6.04 Å². The second-order valence-electron chi connectivity index (χ2n) is 8.20. The molecule has 0 bridgehead atoms. The molecule has 1 heterocycles. The van der Waals surface area contributed by atoms with Crippen LogP contribution >= 0.6 is 0 Å². The van der Waals surface area contributed by atoms with E-state index in [-0.39, 0.29) is 41.7 Å². The van der Waals surface area contributed by atoms with Gasteiger partial charge in [0, 0.05) is 23.5 Å². The minimum atomic E-state index is -3.22. The number of nitrogens with zero attached hydrogens (tertiary/aromatic N) is 11. The van der Waals surface area contributed by atoms with Gasteiger partial charge in [-0.3, -0.25) is 14.0 Å². The third kappa shape index (κ3) is 45.6. The first kappa shape index (κ1) is 44.2. The Balaban J connectivity index is -0.000000118. The van der Waals surface area contributed by atoms with Gasteiger partial charge in [-0.25, -0.2) is 4.68 Å². The summed E-state index contributed by atoms with van der Waals surface area (Å²) in [6.07, 6.45) is 7.72. The Morgan fingerprint density at radius 3 is 1.72 bits per heavy atom. The fourth-order valence-electron chi connectivity index (χ4n) is 1.60. The van der Waals surface area contributed by atoms with Gasteiger partial charge in [0.25, 0.3) is 10.1 Å². The fraction of sp³-hybridized carbons (Fsp3) is 0.800. The first-order chi connectivity index (χ1) is 16.0. The molecule has 0 aromatic carbocycles. The van der Waals surface area contributed by atoms with Crippen LogP contribution in [-0.2, 0) is 20.8 Å².